The molecule has 0 amide bonds. The van der Waals surface area contributed by atoms with E-state index in [4.69, 9.17) is 0 Å². The summed E-state index contributed by atoms with van der Waals surface area (Å²) >= 11 is 8.93. The van der Waals surface area contributed by atoms with Gasteiger partial charge in [-0.25, -0.2) is 0 Å². The van der Waals surface area contributed by atoms with Crippen LogP contribution in [0.25, 0.3) is 0 Å². The Morgan fingerprint density at radius 3 is 2.57 bits per heavy atom. The lowest BCUT2D eigenvalue weighted by molar-refractivity contribution is 0.563. The molecule has 1 atom stereocenters. The van der Waals surface area contributed by atoms with Crippen LogP contribution in [-0.4, -0.2) is 6.54 Å². The molecular weight excluding hydrogens is 410 g/mol. The van der Waals surface area contributed by atoms with E-state index in [2.05, 4.69) is 93.5 Å². The lowest BCUT2D eigenvalue weighted by Gasteiger charge is -2.18. The average Bonchev–Trinajstić information content (AvgIpc) is 2.46. The van der Waals surface area contributed by atoms with Crippen LogP contribution >= 0.6 is 43.6 Å². The first-order valence-electron chi connectivity index (χ1n) is 7.06. The molecule has 0 radical (unpaired) electrons. The minimum absolute atomic E-state index is 0.345. The Hall–Kier alpha value is -0.290. The van der Waals surface area contributed by atoms with Crippen molar-refractivity contribution in [2.45, 2.75) is 36.1 Å². The van der Waals surface area contributed by atoms with Gasteiger partial charge in [0.1, 0.15) is 0 Å². The molecule has 1 N–H and O–H groups in total. The largest absolute Gasteiger partial charge is 0.310 e. The molecule has 0 saturated carbocycles. The second kappa shape index (κ2) is 8.37. The molecule has 2 aromatic carbocycles. The van der Waals surface area contributed by atoms with Crippen molar-refractivity contribution < 1.29 is 0 Å². The number of benzene rings is 2. The van der Waals surface area contributed by atoms with E-state index in [-0.39, 0.29) is 0 Å². The Bertz CT molecular complexity index is 601. The maximum absolute atomic E-state index is 3.59. The van der Waals surface area contributed by atoms with Gasteiger partial charge in [-0.15, -0.1) is 0 Å². The lowest BCUT2D eigenvalue weighted by atomic mass is 10.1. The third-order valence-electron chi connectivity index (χ3n) is 3.16. The summed E-state index contributed by atoms with van der Waals surface area (Å²) in [5, 5.41) is 3.57. The monoisotopic (exact) mass is 427 g/mol. The van der Waals surface area contributed by atoms with Crippen LogP contribution in [0.1, 0.15) is 31.9 Å². The molecule has 1 nitrogen and oxygen atoms in total. The third-order valence-corrected chi connectivity index (χ3v) is 5.23. The van der Waals surface area contributed by atoms with Gasteiger partial charge in [0.2, 0.25) is 0 Å². The molecule has 0 heterocycles. The van der Waals surface area contributed by atoms with Gasteiger partial charge in [-0.3, -0.25) is 0 Å². The van der Waals surface area contributed by atoms with Gasteiger partial charge in [0.05, 0.1) is 0 Å². The van der Waals surface area contributed by atoms with Gasteiger partial charge in [0.15, 0.2) is 0 Å². The summed E-state index contributed by atoms with van der Waals surface area (Å²) in [6.07, 6.45) is 1.15. The van der Waals surface area contributed by atoms with Crippen molar-refractivity contribution in [2.24, 2.45) is 0 Å². The van der Waals surface area contributed by atoms with Crippen LogP contribution in [0.5, 0.6) is 0 Å². The van der Waals surface area contributed by atoms with Gasteiger partial charge in [-0.2, -0.15) is 0 Å². The fourth-order valence-electron chi connectivity index (χ4n) is 2.08. The van der Waals surface area contributed by atoms with E-state index in [0.29, 0.717) is 6.04 Å². The Morgan fingerprint density at radius 1 is 1.10 bits per heavy atom. The highest BCUT2D eigenvalue weighted by Crippen LogP contribution is 2.35. The first-order valence-corrected chi connectivity index (χ1v) is 9.46. The second-order valence-electron chi connectivity index (χ2n) is 4.92. The quantitative estimate of drug-likeness (QED) is 0.569. The van der Waals surface area contributed by atoms with Crippen molar-refractivity contribution in [2.75, 3.05) is 6.54 Å². The van der Waals surface area contributed by atoms with E-state index < -0.39 is 0 Å². The summed E-state index contributed by atoms with van der Waals surface area (Å²) in [5.74, 6) is 0. The van der Waals surface area contributed by atoms with Crippen LogP contribution in [0.4, 0.5) is 0 Å². The zero-order chi connectivity index (χ0) is 15.2. The SMILES string of the molecule is CCCNC(C)c1cc(Br)ccc1Sc1cccc(Br)c1. The summed E-state index contributed by atoms with van der Waals surface area (Å²) in [6.45, 7) is 5.45. The normalized spacial score (nSPS) is 12.4. The highest BCUT2D eigenvalue weighted by Gasteiger charge is 2.12. The molecule has 112 valence electrons. The molecule has 0 spiro atoms. The Kier molecular flexibility index (Phi) is 6.80. The van der Waals surface area contributed by atoms with Gasteiger partial charge >= 0.3 is 0 Å². The van der Waals surface area contributed by atoms with Crippen LogP contribution in [0, 0.1) is 0 Å². The highest BCUT2D eigenvalue weighted by molar-refractivity contribution is 9.10. The molecular formula is C17H19Br2NS. The second-order valence-corrected chi connectivity index (χ2v) is 7.86. The lowest BCUT2D eigenvalue weighted by Crippen LogP contribution is -2.19. The number of hydrogen-bond acceptors (Lipinski definition) is 2. The fourth-order valence-corrected chi connectivity index (χ4v) is 4.08. The van der Waals surface area contributed by atoms with Crippen LogP contribution in [-0.2, 0) is 0 Å². The standard InChI is InChI=1S/C17H19Br2NS/c1-3-9-20-12(2)16-11-14(19)7-8-17(16)21-15-6-4-5-13(18)10-15/h4-8,10-12,20H,3,9H2,1-2H3. The predicted molar refractivity (Wildman–Crippen MR) is 99.1 cm³/mol. The molecule has 0 aliphatic carbocycles. The topological polar surface area (TPSA) is 12.0 Å². The fraction of sp³-hybridized carbons (Fsp3) is 0.294. The van der Waals surface area contributed by atoms with Crippen molar-refractivity contribution in [3.05, 3.63) is 57.0 Å². The van der Waals surface area contributed by atoms with Crippen molar-refractivity contribution in [1.82, 2.24) is 5.32 Å². The summed E-state index contributed by atoms with van der Waals surface area (Å²) in [4.78, 5) is 2.54. The minimum Gasteiger partial charge on any atom is -0.310 e. The van der Waals surface area contributed by atoms with Gasteiger partial charge in [-0.05, 0) is 61.9 Å². The summed E-state index contributed by atoms with van der Waals surface area (Å²) in [6, 6.07) is 15.3. The molecule has 0 saturated heterocycles. The first kappa shape index (κ1) is 17.1. The van der Waals surface area contributed by atoms with E-state index in [1.54, 1.807) is 0 Å². The summed E-state index contributed by atoms with van der Waals surface area (Å²) < 4.78 is 2.24. The summed E-state index contributed by atoms with van der Waals surface area (Å²) in [7, 11) is 0. The molecule has 0 aromatic heterocycles. The Balaban J connectivity index is 2.26. The number of rotatable bonds is 6. The number of halogens is 2. The van der Waals surface area contributed by atoms with Crippen LogP contribution in [0.2, 0.25) is 0 Å². The smallest absolute Gasteiger partial charge is 0.0303 e. The van der Waals surface area contributed by atoms with Crippen LogP contribution < -0.4 is 5.32 Å². The molecule has 0 fully saturated rings. The molecule has 0 bridgehead atoms. The van der Waals surface area contributed by atoms with Gasteiger partial charge < -0.3 is 5.32 Å². The summed E-state index contributed by atoms with van der Waals surface area (Å²) in [5.41, 5.74) is 1.34. The van der Waals surface area contributed by atoms with Gasteiger partial charge in [0, 0.05) is 24.8 Å². The minimum atomic E-state index is 0.345. The molecule has 0 aliphatic rings. The first-order chi connectivity index (χ1) is 10.1. The number of nitrogens with one attached hydrogen (secondary N) is 1. The van der Waals surface area contributed by atoms with Crippen molar-refractivity contribution >= 4 is 43.6 Å². The van der Waals surface area contributed by atoms with E-state index in [1.165, 1.54) is 15.4 Å². The number of hydrogen-bond donors (Lipinski definition) is 1. The van der Waals surface area contributed by atoms with Crippen molar-refractivity contribution in [1.29, 1.82) is 0 Å². The molecule has 21 heavy (non-hydrogen) atoms. The maximum Gasteiger partial charge on any atom is 0.0303 e. The average molecular weight is 429 g/mol. The van der Waals surface area contributed by atoms with E-state index >= 15 is 0 Å². The predicted octanol–water partition coefficient (Wildman–Crippen LogP) is 6.42. The Labute approximate surface area is 148 Å². The van der Waals surface area contributed by atoms with E-state index in [0.717, 1.165) is 21.9 Å². The van der Waals surface area contributed by atoms with E-state index in [1.807, 2.05) is 11.8 Å². The third kappa shape index (κ3) is 5.13. The van der Waals surface area contributed by atoms with E-state index in [9.17, 15) is 0 Å². The van der Waals surface area contributed by atoms with Gasteiger partial charge in [-0.1, -0.05) is 56.6 Å². The molecule has 2 aromatic rings. The molecule has 2 rings (SSSR count). The zero-order valence-corrected chi connectivity index (χ0v) is 16.2. The Morgan fingerprint density at radius 2 is 1.86 bits per heavy atom. The highest BCUT2D eigenvalue weighted by atomic mass is 79.9. The molecule has 4 heteroatoms. The van der Waals surface area contributed by atoms with Crippen LogP contribution in [0.15, 0.2) is 61.2 Å². The zero-order valence-electron chi connectivity index (χ0n) is 12.2. The van der Waals surface area contributed by atoms with Gasteiger partial charge in [0.25, 0.3) is 0 Å². The molecule has 0 aliphatic heterocycles. The van der Waals surface area contributed by atoms with Crippen molar-refractivity contribution in [3.8, 4) is 0 Å². The maximum atomic E-state index is 3.59. The molecule has 1 unspecified atom stereocenters. The van der Waals surface area contributed by atoms with Crippen LogP contribution in [0.3, 0.4) is 0 Å². The van der Waals surface area contributed by atoms with Crippen molar-refractivity contribution in [3.63, 3.8) is 0 Å².